The molecule has 4 heteroatoms. The van der Waals surface area contributed by atoms with Crippen LogP contribution in [0.25, 0.3) is 0 Å². The van der Waals surface area contributed by atoms with Gasteiger partial charge >= 0.3 is 0 Å². The van der Waals surface area contributed by atoms with Gasteiger partial charge in [-0.1, -0.05) is 18.2 Å². The molecule has 0 aromatic heterocycles. The minimum atomic E-state index is -1.58. The summed E-state index contributed by atoms with van der Waals surface area (Å²) in [6.45, 7) is 1.56. The van der Waals surface area contributed by atoms with E-state index in [2.05, 4.69) is 0 Å². The van der Waals surface area contributed by atoms with E-state index in [1.54, 1.807) is 32.2 Å². The molecular formula is C12H15NO3. The number of anilines is 1. The molecule has 2 rings (SSSR count). The van der Waals surface area contributed by atoms with Crippen LogP contribution in [0.5, 0.6) is 0 Å². The maximum atomic E-state index is 12.0. The first-order valence-electron chi connectivity index (χ1n) is 5.25. The zero-order valence-electron chi connectivity index (χ0n) is 9.34. The lowest BCUT2D eigenvalue weighted by molar-refractivity contribution is -0.138. The van der Waals surface area contributed by atoms with E-state index in [0.717, 1.165) is 0 Å². The SMILES string of the molecule is C[C@@H](O)C[C@]1(O)C(=O)N(C)c2ccccc21. The zero-order chi connectivity index (χ0) is 11.9. The number of nitrogens with zero attached hydrogens (tertiary/aromatic N) is 1. The molecule has 0 bridgehead atoms. The normalized spacial score (nSPS) is 25.8. The molecule has 0 saturated heterocycles. The Bertz CT molecular complexity index is 430. The number of amides is 1. The van der Waals surface area contributed by atoms with Crippen LogP contribution in [0.4, 0.5) is 5.69 Å². The summed E-state index contributed by atoms with van der Waals surface area (Å²) in [6, 6.07) is 7.10. The molecule has 1 aliphatic heterocycles. The highest BCUT2D eigenvalue weighted by molar-refractivity contribution is 6.06. The number of hydrogen-bond donors (Lipinski definition) is 2. The Morgan fingerprint density at radius 3 is 2.69 bits per heavy atom. The van der Waals surface area contributed by atoms with E-state index < -0.39 is 11.7 Å². The number of aliphatic hydroxyl groups is 2. The molecule has 0 unspecified atom stereocenters. The molecule has 0 aliphatic carbocycles. The van der Waals surface area contributed by atoms with Crippen molar-refractivity contribution in [2.24, 2.45) is 0 Å². The summed E-state index contributed by atoms with van der Waals surface area (Å²) in [6.07, 6.45) is -0.707. The summed E-state index contributed by atoms with van der Waals surface area (Å²) in [4.78, 5) is 13.4. The van der Waals surface area contributed by atoms with Gasteiger partial charge in [0.25, 0.3) is 5.91 Å². The number of para-hydroxylation sites is 1. The Morgan fingerprint density at radius 1 is 1.44 bits per heavy atom. The second-order valence-corrected chi connectivity index (χ2v) is 4.29. The lowest BCUT2D eigenvalue weighted by Gasteiger charge is -2.23. The Labute approximate surface area is 94.1 Å². The van der Waals surface area contributed by atoms with Gasteiger partial charge in [-0.3, -0.25) is 4.79 Å². The van der Waals surface area contributed by atoms with Gasteiger partial charge in [-0.05, 0) is 13.0 Å². The summed E-state index contributed by atoms with van der Waals surface area (Å²) < 4.78 is 0. The van der Waals surface area contributed by atoms with Crippen LogP contribution in [0.1, 0.15) is 18.9 Å². The van der Waals surface area contributed by atoms with Crippen molar-refractivity contribution in [3.63, 3.8) is 0 Å². The van der Waals surface area contributed by atoms with Crippen LogP contribution >= 0.6 is 0 Å². The van der Waals surface area contributed by atoms with Gasteiger partial charge in [0.2, 0.25) is 0 Å². The largest absolute Gasteiger partial charge is 0.393 e. The summed E-state index contributed by atoms with van der Waals surface area (Å²) in [5.74, 6) is -0.380. The summed E-state index contributed by atoms with van der Waals surface area (Å²) in [7, 11) is 1.63. The van der Waals surface area contributed by atoms with Gasteiger partial charge in [0.1, 0.15) is 0 Å². The van der Waals surface area contributed by atoms with Crippen molar-refractivity contribution in [3.8, 4) is 0 Å². The Morgan fingerprint density at radius 2 is 2.06 bits per heavy atom. The van der Waals surface area contributed by atoms with Gasteiger partial charge in [-0.2, -0.15) is 0 Å². The average Bonchev–Trinajstić information content (AvgIpc) is 2.42. The molecule has 0 saturated carbocycles. The first-order chi connectivity index (χ1) is 7.47. The van der Waals surface area contributed by atoms with Gasteiger partial charge in [0, 0.05) is 19.0 Å². The van der Waals surface area contributed by atoms with Crippen LogP contribution in [-0.4, -0.2) is 29.3 Å². The average molecular weight is 221 g/mol. The number of benzene rings is 1. The predicted molar refractivity (Wildman–Crippen MR) is 60.0 cm³/mol. The molecule has 2 atom stereocenters. The minimum Gasteiger partial charge on any atom is -0.393 e. The molecule has 16 heavy (non-hydrogen) atoms. The number of likely N-dealkylation sites (N-methyl/N-ethyl adjacent to an activating group) is 1. The number of aliphatic hydroxyl groups excluding tert-OH is 1. The fourth-order valence-corrected chi connectivity index (χ4v) is 2.24. The van der Waals surface area contributed by atoms with E-state index in [1.165, 1.54) is 4.90 Å². The first kappa shape index (κ1) is 11.1. The van der Waals surface area contributed by atoms with Crippen molar-refractivity contribution < 1.29 is 15.0 Å². The quantitative estimate of drug-likeness (QED) is 0.769. The molecule has 0 fully saturated rings. The lowest BCUT2D eigenvalue weighted by atomic mass is 9.90. The van der Waals surface area contributed by atoms with E-state index in [0.29, 0.717) is 11.3 Å². The van der Waals surface area contributed by atoms with Crippen molar-refractivity contribution in [1.82, 2.24) is 0 Å². The first-order valence-corrected chi connectivity index (χ1v) is 5.25. The summed E-state index contributed by atoms with van der Waals surface area (Å²) in [5.41, 5.74) is -0.307. The molecule has 86 valence electrons. The number of carbonyl (C=O) groups excluding carboxylic acids is 1. The van der Waals surface area contributed by atoms with Crippen molar-refractivity contribution in [1.29, 1.82) is 0 Å². The van der Waals surface area contributed by atoms with Crippen molar-refractivity contribution >= 4 is 11.6 Å². The highest BCUT2D eigenvalue weighted by Gasteiger charge is 2.48. The fraction of sp³-hybridized carbons (Fsp3) is 0.417. The van der Waals surface area contributed by atoms with Gasteiger partial charge in [-0.15, -0.1) is 0 Å². The van der Waals surface area contributed by atoms with Crippen LogP contribution in [0.2, 0.25) is 0 Å². The van der Waals surface area contributed by atoms with E-state index in [-0.39, 0.29) is 12.3 Å². The fourth-order valence-electron chi connectivity index (χ4n) is 2.24. The predicted octanol–water partition coefficient (Wildman–Crippen LogP) is 0.621. The molecule has 0 radical (unpaired) electrons. The summed E-state index contributed by atoms with van der Waals surface area (Å²) in [5, 5.41) is 19.8. The molecule has 0 spiro atoms. The van der Waals surface area contributed by atoms with E-state index >= 15 is 0 Å². The van der Waals surface area contributed by atoms with Crippen LogP contribution in [0.3, 0.4) is 0 Å². The van der Waals surface area contributed by atoms with E-state index in [9.17, 15) is 15.0 Å². The van der Waals surface area contributed by atoms with Gasteiger partial charge in [-0.25, -0.2) is 0 Å². The van der Waals surface area contributed by atoms with Gasteiger partial charge in [0.05, 0.1) is 11.8 Å². The van der Waals surface area contributed by atoms with Crippen LogP contribution in [0, 0.1) is 0 Å². The van der Waals surface area contributed by atoms with Crippen LogP contribution in [-0.2, 0) is 10.4 Å². The topological polar surface area (TPSA) is 60.8 Å². The van der Waals surface area contributed by atoms with Crippen LogP contribution < -0.4 is 4.90 Å². The lowest BCUT2D eigenvalue weighted by Crippen LogP contribution is -2.40. The van der Waals surface area contributed by atoms with Gasteiger partial charge < -0.3 is 15.1 Å². The Balaban J connectivity index is 2.52. The maximum absolute atomic E-state index is 12.0. The third-order valence-corrected chi connectivity index (χ3v) is 2.96. The summed E-state index contributed by atoms with van der Waals surface area (Å²) >= 11 is 0. The molecule has 2 N–H and O–H groups in total. The number of hydrogen-bond acceptors (Lipinski definition) is 3. The number of fused-ring (bicyclic) bond motifs is 1. The third kappa shape index (κ3) is 1.42. The second kappa shape index (κ2) is 3.57. The number of rotatable bonds is 2. The Hall–Kier alpha value is -1.39. The van der Waals surface area contributed by atoms with E-state index in [1.807, 2.05) is 6.07 Å². The smallest absolute Gasteiger partial charge is 0.263 e. The highest BCUT2D eigenvalue weighted by Crippen LogP contribution is 2.41. The molecule has 1 heterocycles. The molecule has 1 aromatic carbocycles. The molecule has 1 aliphatic rings. The van der Waals surface area contributed by atoms with Crippen molar-refractivity contribution in [3.05, 3.63) is 29.8 Å². The highest BCUT2D eigenvalue weighted by atomic mass is 16.3. The minimum absolute atomic E-state index is 0.0210. The van der Waals surface area contributed by atoms with Gasteiger partial charge in [0.15, 0.2) is 5.60 Å². The zero-order valence-corrected chi connectivity index (χ0v) is 9.34. The second-order valence-electron chi connectivity index (χ2n) is 4.29. The van der Waals surface area contributed by atoms with E-state index in [4.69, 9.17) is 0 Å². The number of carbonyl (C=O) groups is 1. The van der Waals surface area contributed by atoms with Crippen molar-refractivity contribution in [2.75, 3.05) is 11.9 Å². The standard InChI is InChI=1S/C12H15NO3/c1-8(14)7-12(16)9-5-3-4-6-10(9)13(2)11(12)15/h3-6,8,14,16H,7H2,1-2H3/t8-,12-/m1/s1. The maximum Gasteiger partial charge on any atom is 0.263 e. The molecule has 1 aromatic rings. The van der Waals surface area contributed by atoms with Crippen LogP contribution in [0.15, 0.2) is 24.3 Å². The monoisotopic (exact) mass is 221 g/mol. The van der Waals surface area contributed by atoms with Crippen molar-refractivity contribution in [2.45, 2.75) is 25.0 Å². The molecule has 1 amide bonds. The molecule has 4 nitrogen and oxygen atoms in total. The molecular weight excluding hydrogens is 206 g/mol. The Kier molecular flexibility index (Phi) is 2.48. The third-order valence-electron chi connectivity index (χ3n) is 2.96.